The first-order chi connectivity index (χ1) is 14.3. The average Bonchev–Trinajstić information content (AvgIpc) is 3.00. The third kappa shape index (κ3) is 4.46. The third-order valence-corrected chi connectivity index (χ3v) is 4.91. The van der Waals surface area contributed by atoms with Gasteiger partial charge in [0.1, 0.15) is 5.57 Å². The van der Waals surface area contributed by atoms with Crippen LogP contribution in [0.15, 0.2) is 52.5 Å². The van der Waals surface area contributed by atoms with Gasteiger partial charge in [-0.2, -0.15) is 0 Å². The number of benzene rings is 2. The number of carbonyl (C=O) groups is 3. The van der Waals surface area contributed by atoms with E-state index in [1.54, 1.807) is 43.3 Å². The highest BCUT2D eigenvalue weighted by Gasteiger charge is 2.34. The summed E-state index contributed by atoms with van der Waals surface area (Å²) in [6.07, 6.45) is 0.361. The van der Waals surface area contributed by atoms with Crippen molar-refractivity contribution in [1.82, 2.24) is 5.43 Å². The average molecular weight is 475 g/mol. The lowest BCUT2D eigenvalue weighted by Gasteiger charge is -2.16. The van der Waals surface area contributed by atoms with E-state index in [0.29, 0.717) is 28.1 Å². The van der Waals surface area contributed by atoms with Gasteiger partial charge in [-0.05, 0) is 49.8 Å². The zero-order valence-corrected chi connectivity index (χ0v) is 17.8. The summed E-state index contributed by atoms with van der Waals surface area (Å²) in [4.78, 5) is 36.3. The van der Waals surface area contributed by atoms with Gasteiger partial charge < -0.3 is 14.6 Å². The first-order valence-corrected chi connectivity index (χ1v) is 9.89. The van der Waals surface area contributed by atoms with Gasteiger partial charge in [-0.3, -0.25) is 15.0 Å². The minimum atomic E-state index is -1.12. The summed E-state index contributed by atoms with van der Waals surface area (Å²) in [5.74, 6) is -1.61. The van der Waals surface area contributed by atoms with Gasteiger partial charge in [0.15, 0.2) is 17.6 Å². The van der Waals surface area contributed by atoms with Gasteiger partial charge in [0.25, 0.3) is 11.8 Å². The molecule has 0 unspecified atom stereocenters. The Morgan fingerprint density at radius 2 is 1.93 bits per heavy atom. The van der Waals surface area contributed by atoms with Crippen molar-refractivity contribution in [2.45, 2.75) is 20.0 Å². The third-order valence-electron chi connectivity index (χ3n) is 4.22. The number of carboxylic acid groups (broad SMARTS) is 1. The number of carbonyl (C=O) groups excluding carboxylic acids is 2. The van der Waals surface area contributed by atoms with Crippen LogP contribution in [0, 0.1) is 0 Å². The zero-order valence-electron chi connectivity index (χ0n) is 16.2. The Hall–Kier alpha value is -3.33. The highest BCUT2D eigenvalue weighted by Crippen LogP contribution is 2.36. The van der Waals surface area contributed by atoms with Crippen LogP contribution >= 0.6 is 15.9 Å². The maximum Gasteiger partial charge on any atom is 0.344 e. The number of nitrogens with zero attached hydrogens (tertiary/aromatic N) is 1. The van der Waals surface area contributed by atoms with E-state index in [0.717, 1.165) is 0 Å². The molecule has 0 bridgehead atoms. The fraction of sp³-hybridized carbons (Fsp3) is 0.190. The molecule has 9 heteroatoms. The Labute approximate surface area is 181 Å². The standard InChI is InChI=1S/C21H19BrN2O6/c1-3-29-17-10-13(16(22)11-18(17)30-12(2)21(27)28)9-15-19(25)23-24(20(15)26)14-7-5-4-6-8-14/h4-12H,3H2,1-2H3,(H,23,25)(H,27,28)/b15-9-/t12-/m0/s1. The maximum atomic E-state index is 12.8. The van der Waals surface area contributed by atoms with Gasteiger partial charge in [-0.15, -0.1) is 0 Å². The number of rotatable bonds is 7. The van der Waals surface area contributed by atoms with Crippen molar-refractivity contribution in [2.75, 3.05) is 11.6 Å². The number of para-hydroxylation sites is 1. The lowest BCUT2D eigenvalue weighted by Crippen LogP contribution is -2.35. The Morgan fingerprint density at radius 3 is 2.57 bits per heavy atom. The number of amides is 2. The molecule has 2 N–H and O–H groups in total. The topological polar surface area (TPSA) is 105 Å². The van der Waals surface area contributed by atoms with Crippen LogP contribution in [0.5, 0.6) is 11.5 Å². The second kappa shape index (κ2) is 9.00. The molecule has 1 atom stereocenters. The zero-order chi connectivity index (χ0) is 21.8. The summed E-state index contributed by atoms with van der Waals surface area (Å²) in [7, 11) is 0. The van der Waals surface area contributed by atoms with Crippen molar-refractivity contribution in [3.63, 3.8) is 0 Å². The Kier molecular flexibility index (Phi) is 6.41. The molecule has 2 amide bonds. The molecule has 30 heavy (non-hydrogen) atoms. The highest BCUT2D eigenvalue weighted by atomic mass is 79.9. The molecule has 0 aromatic heterocycles. The SMILES string of the molecule is CCOc1cc(/C=C2/C(=O)NN(c3ccccc3)C2=O)c(Br)cc1O[C@@H](C)C(=O)O. The number of nitrogens with one attached hydrogen (secondary N) is 1. The fourth-order valence-electron chi connectivity index (χ4n) is 2.73. The molecule has 0 spiro atoms. The molecular weight excluding hydrogens is 456 g/mol. The van der Waals surface area contributed by atoms with E-state index < -0.39 is 23.9 Å². The van der Waals surface area contributed by atoms with Crippen LogP contribution < -0.4 is 19.9 Å². The van der Waals surface area contributed by atoms with Gasteiger partial charge >= 0.3 is 5.97 Å². The Balaban J connectivity index is 1.96. The molecule has 0 saturated carbocycles. The number of anilines is 1. The van der Waals surface area contributed by atoms with E-state index in [1.807, 2.05) is 6.07 Å². The second-order valence-electron chi connectivity index (χ2n) is 6.33. The normalized spacial score (nSPS) is 15.8. The van der Waals surface area contributed by atoms with Crippen LogP contribution in [0.25, 0.3) is 6.08 Å². The van der Waals surface area contributed by atoms with Crippen LogP contribution in [0.3, 0.4) is 0 Å². The molecule has 1 fully saturated rings. The van der Waals surface area contributed by atoms with Crippen molar-refractivity contribution in [3.8, 4) is 11.5 Å². The molecule has 156 valence electrons. The number of carboxylic acids is 1. The summed E-state index contributed by atoms with van der Waals surface area (Å²) in [6, 6.07) is 11.9. The number of hydrogen-bond acceptors (Lipinski definition) is 5. The van der Waals surface area contributed by atoms with Gasteiger partial charge in [0.2, 0.25) is 0 Å². The van der Waals surface area contributed by atoms with E-state index in [9.17, 15) is 14.4 Å². The molecule has 1 heterocycles. The van der Waals surface area contributed by atoms with E-state index in [-0.39, 0.29) is 11.3 Å². The van der Waals surface area contributed by atoms with Gasteiger partial charge in [0, 0.05) is 4.47 Å². The molecule has 1 saturated heterocycles. The van der Waals surface area contributed by atoms with E-state index in [4.69, 9.17) is 14.6 Å². The minimum Gasteiger partial charge on any atom is -0.490 e. The summed E-state index contributed by atoms with van der Waals surface area (Å²) < 4.78 is 11.5. The molecular formula is C21H19BrN2O6. The number of ether oxygens (including phenoxy) is 2. The molecule has 0 aliphatic carbocycles. The van der Waals surface area contributed by atoms with Crippen LogP contribution in [-0.2, 0) is 14.4 Å². The fourth-order valence-corrected chi connectivity index (χ4v) is 3.17. The predicted molar refractivity (Wildman–Crippen MR) is 113 cm³/mol. The highest BCUT2D eigenvalue weighted by molar-refractivity contribution is 9.10. The van der Waals surface area contributed by atoms with Crippen molar-refractivity contribution >= 4 is 45.5 Å². The van der Waals surface area contributed by atoms with Crippen LogP contribution in [-0.4, -0.2) is 35.6 Å². The van der Waals surface area contributed by atoms with Crippen LogP contribution in [0.1, 0.15) is 19.4 Å². The van der Waals surface area contributed by atoms with Crippen molar-refractivity contribution in [2.24, 2.45) is 0 Å². The molecule has 1 aliphatic heterocycles. The molecule has 0 radical (unpaired) electrons. The van der Waals surface area contributed by atoms with Crippen molar-refractivity contribution in [3.05, 3.63) is 58.1 Å². The van der Waals surface area contributed by atoms with Crippen LogP contribution in [0.2, 0.25) is 0 Å². The summed E-state index contributed by atoms with van der Waals surface area (Å²) in [5, 5.41) is 10.3. The lowest BCUT2D eigenvalue weighted by molar-refractivity contribution is -0.144. The molecule has 3 rings (SSSR count). The van der Waals surface area contributed by atoms with Crippen molar-refractivity contribution in [1.29, 1.82) is 0 Å². The molecule has 1 aliphatic rings. The smallest absolute Gasteiger partial charge is 0.344 e. The minimum absolute atomic E-state index is 0.0467. The lowest BCUT2D eigenvalue weighted by atomic mass is 10.1. The number of halogens is 1. The maximum absolute atomic E-state index is 12.8. The largest absolute Gasteiger partial charge is 0.490 e. The van der Waals surface area contributed by atoms with Crippen LogP contribution in [0.4, 0.5) is 5.69 Å². The first kappa shape index (κ1) is 21.4. The Morgan fingerprint density at radius 1 is 1.23 bits per heavy atom. The van der Waals surface area contributed by atoms with Gasteiger partial charge in [0.05, 0.1) is 12.3 Å². The predicted octanol–water partition coefficient (Wildman–Crippen LogP) is 3.16. The number of hydrazine groups is 1. The van der Waals surface area contributed by atoms with E-state index in [1.165, 1.54) is 18.0 Å². The quantitative estimate of drug-likeness (QED) is 0.471. The van der Waals surface area contributed by atoms with Gasteiger partial charge in [-0.25, -0.2) is 9.80 Å². The number of aliphatic carboxylic acids is 1. The van der Waals surface area contributed by atoms with Gasteiger partial charge in [-0.1, -0.05) is 34.1 Å². The van der Waals surface area contributed by atoms with E-state index >= 15 is 0 Å². The van der Waals surface area contributed by atoms with Crippen molar-refractivity contribution < 1.29 is 29.0 Å². The number of hydrogen-bond donors (Lipinski definition) is 2. The summed E-state index contributed by atoms with van der Waals surface area (Å²) in [5.41, 5.74) is 3.54. The molecule has 2 aromatic rings. The Bertz CT molecular complexity index is 1020. The first-order valence-electron chi connectivity index (χ1n) is 9.09. The second-order valence-corrected chi connectivity index (χ2v) is 7.18. The molecule has 8 nitrogen and oxygen atoms in total. The molecule has 2 aromatic carbocycles. The van der Waals surface area contributed by atoms with E-state index in [2.05, 4.69) is 21.4 Å². The summed E-state index contributed by atoms with van der Waals surface area (Å²) in [6.45, 7) is 3.49. The summed E-state index contributed by atoms with van der Waals surface area (Å²) >= 11 is 3.38. The monoisotopic (exact) mass is 474 g/mol.